The van der Waals surface area contributed by atoms with Crippen LogP contribution >= 0.6 is 0 Å². The highest BCUT2D eigenvalue weighted by Gasteiger charge is 2.40. The van der Waals surface area contributed by atoms with Gasteiger partial charge in [0.05, 0.1) is 12.8 Å². The lowest BCUT2D eigenvalue weighted by Crippen LogP contribution is -2.16. The first-order valence-corrected chi connectivity index (χ1v) is 7.72. The number of fused-ring (bicyclic) bond motifs is 3. The van der Waals surface area contributed by atoms with E-state index in [1.807, 2.05) is 30.6 Å². The number of nitrogens with zero attached hydrogens (tertiary/aromatic N) is 2. The fraction of sp³-hybridized carbons (Fsp3) is 0.200. The zero-order valence-corrected chi connectivity index (χ0v) is 13.5. The molecule has 0 unspecified atom stereocenters. The Bertz CT molecular complexity index is 885. The van der Waals surface area contributed by atoms with Crippen LogP contribution in [0.2, 0.25) is 0 Å². The molecule has 1 aromatic carbocycles. The van der Waals surface area contributed by atoms with Crippen LogP contribution in [0.1, 0.15) is 25.0 Å². The van der Waals surface area contributed by atoms with Gasteiger partial charge in [0.15, 0.2) is 0 Å². The molecule has 2 aromatic heterocycles. The third kappa shape index (κ3) is 1.89. The Morgan fingerprint density at radius 1 is 1.00 bits per heavy atom. The monoisotopic (exact) mass is 302 g/mol. The summed E-state index contributed by atoms with van der Waals surface area (Å²) in [5, 5.41) is 0. The Labute approximate surface area is 136 Å². The smallest absolute Gasteiger partial charge is 0.128 e. The molecule has 0 saturated carbocycles. The topological polar surface area (TPSA) is 35.0 Å². The van der Waals surface area contributed by atoms with E-state index in [-0.39, 0.29) is 5.41 Å². The molecule has 0 atom stereocenters. The van der Waals surface area contributed by atoms with Gasteiger partial charge in [0.1, 0.15) is 5.75 Å². The summed E-state index contributed by atoms with van der Waals surface area (Å²) in [5.41, 5.74) is 6.82. The standard InChI is InChI=1S/C20H18N2O/c1-20(2)15-7-5-11-22-19(15)17-16(23-3)9-8-14(18(17)20)13-6-4-10-21-12-13/h4-12H,1-3H3. The fourth-order valence-corrected chi connectivity index (χ4v) is 3.64. The molecule has 0 aliphatic heterocycles. The minimum atomic E-state index is -0.126. The van der Waals surface area contributed by atoms with Crippen molar-refractivity contribution in [2.24, 2.45) is 0 Å². The molecule has 3 nitrogen and oxygen atoms in total. The normalized spacial score (nSPS) is 14.2. The molecule has 3 heteroatoms. The number of pyridine rings is 2. The van der Waals surface area contributed by atoms with E-state index in [1.165, 1.54) is 16.7 Å². The van der Waals surface area contributed by atoms with Crippen molar-refractivity contribution in [1.29, 1.82) is 0 Å². The summed E-state index contributed by atoms with van der Waals surface area (Å²) in [6.45, 7) is 4.50. The maximum absolute atomic E-state index is 5.64. The van der Waals surface area contributed by atoms with Gasteiger partial charge in [0, 0.05) is 35.1 Å². The maximum atomic E-state index is 5.64. The lowest BCUT2D eigenvalue weighted by Gasteiger charge is -2.24. The van der Waals surface area contributed by atoms with Crippen LogP contribution in [0.25, 0.3) is 22.4 Å². The van der Waals surface area contributed by atoms with Gasteiger partial charge in [-0.3, -0.25) is 9.97 Å². The van der Waals surface area contributed by atoms with Gasteiger partial charge >= 0.3 is 0 Å². The van der Waals surface area contributed by atoms with Crippen molar-refractivity contribution >= 4 is 0 Å². The number of hydrogen-bond acceptors (Lipinski definition) is 3. The van der Waals surface area contributed by atoms with Gasteiger partial charge < -0.3 is 4.74 Å². The molecule has 0 spiro atoms. The van der Waals surface area contributed by atoms with Gasteiger partial charge in [-0.2, -0.15) is 0 Å². The van der Waals surface area contributed by atoms with Gasteiger partial charge in [0.2, 0.25) is 0 Å². The molecule has 0 fully saturated rings. The SMILES string of the molecule is COc1ccc(-c2cccnc2)c2c1-c1ncccc1C2(C)C. The number of methoxy groups -OCH3 is 1. The van der Waals surface area contributed by atoms with E-state index in [0.29, 0.717) is 0 Å². The largest absolute Gasteiger partial charge is 0.496 e. The van der Waals surface area contributed by atoms with E-state index in [2.05, 4.69) is 42.0 Å². The van der Waals surface area contributed by atoms with Crippen LogP contribution < -0.4 is 4.74 Å². The third-order valence-electron chi connectivity index (χ3n) is 4.70. The molecule has 3 aromatic rings. The summed E-state index contributed by atoms with van der Waals surface area (Å²) in [6.07, 6.45) is 5.56. The van der Waals surface area contributed by atoms with Crippen LogP contribution in [0.3, 0.4) is 0 Å². The predicted molar refractivity (Wildman–Crippen MR) is 91.6 cm³/mol. The molecule has 0 saturated heterocycles. The predicted octanol–water partition coefficient (Wildman–Crippen LogP) is 4.46. The van der Waals surface area contributed by atoms with Crippen LogP contribution in [0.15, 0.2) is 55.0 Å². The lowest BCUT2D eigenvalue weighted by molar-refractivity contribution is 0.416. The maximum Gasteiger partial charge on any atom is 0.128 e. The summed E-state index contributed by atoms with van der Waals surface area (Å²) in [6, 6.07) is 12.4. The molecule has 114 valence electrons. The van der Waals surface area contributed by atoms with Crippen molar-refractivity contribution in [2.45, 2.75) is 19.3 Å². The van der Waals surface area contributed by atoms with Crippen LogP contribution in [-0.2, 0) is 5.41 Å². The van der Waals surface area contributed by atoms with Crippen molar-refractivity contribution in [3.8, 4) is 28.1 Å². The molecule has 23 heavy (non-hydrogen) atoms. The molecule has 0 amide bonds. The van der Waals surface area contributed by atoms with Crippen molar-refractivity contribution in [2.75, 3.05) is 7.11 Å². The molecular formula is C20H18N2O. The Hall–Kier alpha value is -2.68. The summed E-state index contributed by atoms with van der Waals surface area (Å²) < 4.78 is 5.64. The first-order valence-electron chi connectivity index (χ1n) is 7.72. The number of benzene rings is 1. The van der Waals surface area contributed by atoms with Gasteiger partial charge in [0.25, 0.3) is 0 Å². The van der Waals surface area contributed by atoms with Crippen LogP contribution in [-0.4, -0.2) is 17.1 Å². The summed E-state index contributed by atoms with van der Waals surface area (Å²) >= 11 is 0. The van der Waals surface area contributed by atoms with Gasteiger partial charge in [-0.05, 0) is 34.9 Å². The minimum Gasteiger partial charge on any atom is -0.496 e. The quantitative estimate of drug-likeness (QED) is 0.701. The van der Waals surface area contributed by atoms with Gasteiger partial charge in [-0.1, -0.05) is 32.0 Å². The van der Waals surface area contributed by atoms with Crippen LogP contribution in [0.4, 0.5) is 0 Å². The zero-order chi connectivity index (χ0) is 16.0. The average Bonchev–Trinajstić information content (AvgIpc) is 2.84. The summed E-state index contributed by atoms with van der Waals surface area (Å²) in [7, 11) is 1.72. The van der Waals surface area contributed by atoms with E-state index in [9.17, 15) is 0 Å². The molecule has 0 N–H and O–H groups in total. The highest BCUT2D eigenvalue weighted by Crippen LogP contribution is 2.54. The lowest BCUT2D eigenvalue weighted by atomic mass is 9.79. The molecule has 1 aliphatic rings. The number of ether oxygens (including phenoxy) is 1. The van der Waals surface area contributed by atoms with E-state index < -0.39 is 0 Å². The van der Waals surface area contributed by atoms with Crippen LogP contribution in [0, 0.1) is 0 Å². The van der Waals surface area contributed by atoms with E-state index in [1.54, 1.807) is 13.3 Å². The minimum absolute atomic E-state index is 0.126. The Balaban J connectivity index is 2.10. The Morgan fingerprint density at radius 2 is 1.83 bits per heavy atom. The van der Waals surface area contributed by atoms with Gasteiger partial charge in [-0.25, -0.2) is 0 Å². The molecule has 1 aliphatic carbocycles. The Morgan fingerprint density at radius 3 is 2.57 bits per heavy atom. The van der Waals surface area contributed by atoms with Crippen molar-refractivity contribution < 1.29 is 4.74 Å². The molecule has 0 radical (unpaired) electrons. The second-order valence-corrected chi connectivity index (χ2v) is 6.33. The fourth-order valence-electron chi connectivity index (χ4n) is 3.64. The second-order valence-electron chi connectivity index (χ2n) is 6.33. The molecule has 4 rings (SSSR count). The van der Waals surface area contributed by atoms with E-state index in [4.69, 9.17) is 4.74 Å². The molecular weight excluding hydrogens is 284 g/mol. The first kappa shape index (κ1) is 13.9. The highest BCUT2D eigenvalue weighted by atomic mass is 16.5. The molecule has 2 heterocycles. The van der Waals surface area contributed by atoms with Crippen molar-refractivity contribution in [3.05, 3.63) is 66.1 Å². The molecule has 0 bridgehead atoms. The second kappa shape index (κ2) is 4.92. The summed E-state index contributed by atoms with van der Waals surface area (Å²) in [5.74, 6) is 0.873. The first-order chi connectivity index (χ1) is 11.1. The summed E-state index contributed by atoms with van der Waals surface area (Å²) in [4.78, 5) is 8.92. The highest BCUT2D eigenvalue weighted by molar-refractivity contribution is 5.89. The third-order valence-corrected chi connectivity index (χ3v) is 4.70. The van der Waals surface area contributed by atoms with Crippen molar-refractivity contribution in [3.63, 3.8) is 0 Å². The zero-order valence-electron chi connectivity index (χ0n) is 13.5. The van der Waals surface area contributed by atoms with E-state index >= 15 is 0 Å². The number of rotatable bonds is 2. The number of aromatic nitrogens is 2. The van der Waals surface area contributed by atoms with Gasteiger partial charge in [-0.15, -0.1) is 0 Å². The van der Waals surface area contributed by atoms with E-state index in [0.717, 1.165) is 22.6 Å². The Kier molecular flexibility index (Phi) is 2.98. The van der Waals surface area contributed by atoms with Crippen molar-refractivity contribution in [1.82, 2.24) is 9.97 Å². The number of hydrogen-bond donors (Lipinski definition) is 0. The average molecular weight is 302 g/mol. The van der Waals surface area contributed by atoms with Crippen LogP contribution in [0.5, 0.6) is 5.75 Å².